The summed E-state index contributed by atoms with van der Waals surface area (Å²) in [7, 11) is 1.73. The topological polar surface area (TPSA) is 63.6 Å². The van der Waals surface area contributed by atoms with Crippen LogP contribution in [0.2, 0.25) is 0 Å². The predicted octanol–water partition coefficient (Wildman–Crippen LogP) is 1.63. The summed E-state index contributed by atoms with van der Waals surface area (Å²) in [5.74, 6) is 0. The van der Waals surface area contributed by atoms with Crippen LogP contribution in [0.4, 0.5) is 0 Å². The van der Waals surface area contributed by atoms with E-state index >= 15 is 0 Å². The second-order valence-corrected chi connectivity index (χ2v) is 4.21. The van der Waals surface area contributed by atoms with E-state index in [1.807, 2.05) is 25.1 Å². The number of rotatable bonds is 1. The van der Waals surface area contributed by atoms with E-state index in [4.69, 9.17) is 0 Å². The largest absolute Gasteiger partial charge is 0.327 e. The average Bonchev–Trinajstić information content (AvgIpc) is 2.65. The average molecular weight is 240 g/mol. The number of aryl methyl sites for hydroxylation is 2. The standard InChI is InChI=1S/C13H12N4O/c1-8-10(9-3-5-14-6-4-9)7-11-12(15-8)16-13(18)17(11)2/h3-7H,1-2H3,(H,15,16,18). The molecule has 1 N–H and O–H groups in total. The second kappa shape index (κ2) is 3.80. The third-order valence-corrected chi connectivity index (χ3v) is 3.08. The molecule has 0 radical (unpaired) electrons. The molecule has 0 amide bonds. The SMILES string of the molecule is Cc1nc2[nH]c(=O)n(C)c2cc1-c1ccncc1. The first-order valence-electron chi connectivity index (χ1n) is 5.63. The lowest BCUT2D eigenvalue weighted by Crippen LogP contribution is -2.11. The molecular weight excluding hydrogens is 228 g/mol. The van der Waals surface area contributed by atoms with Gasteiger partial charge < -0.3 is 0 Å². The van der Waals surface area contributed by atoms with Crippen molar-refractivity contribution in [2.75, 3.05) is 0 Å². The van der Waals surface area contributed by atoms with Crippen LogP contribution in [0.3, 0.4) is 0 Å². The van der Waals surface area contributed by atoms with Crippen molar-refractivity contribution in [1.82, 2.24) is 19.5 Å². The zero-order valence-corrected chi connectivity index (χ0v) is 10.1. The third-order valence-electron chi connectivity index (χ3n) is 3.08. The fraction of sp³-hybridized carbons (Fsp3) is 0.154. The zero-order valence-electron chi connectivity index (χ0n) is 10.1. The number of hydrogen-bond acceptors (Lipinski definition) is 3. The molecule has 3 heterocycles. The minimum atomic E-state index is -0.149. The molecule has 0 fully saturated rings. The monoisotopic (exact) mass is 240 g/mol. The van der Waals surface area contributed by atoms with Gasteiger partial charge in [-0.1, -0.05) is 0 Å². The van der Waals surface area contributed by atoms with Crippen LogP contribution in [0.5, 0.6) is 0 Å². The van der Waals surface area contributed by atoms with Gasteiger partial charge in [0.25, 0.3) is 0 Å². The molecule has 0 atom stereocenters. The predicted molar refractivity (Wildman–Crippen MR) is 69.3 cm³/mol. The Morgan fingerprint density at radius 2 is 2.00 bits per heavy atom. The van der Waals surface area contributed by atoms with Gasteiger partial charge in [-0.2, -0.15) is 0 Å². The van der Waals surface area contributed by atoms with Crippen molar-refractivity contribution >= 4 is 11.2 Å². The minimum absolute atomic E-state index is 0.149. The van der Waals surface area contributed by atoms with Crippen LogP contribution in [-0.2, 0) is 7.05 Å². The summed E-state index contributed by atoms with van der Waals surface area (Å²) in [6.45, 7) is 1.93. The quantitative estimate of drug-likeness (QED) is 0.703. The van der Waals surface area contributed by atoms with Crippen molar-refractivity contribution in [2.45, 2.75) is 6.92 Å². The first-order chi connectivity index (χ1) is 8.66. The molecule has 18 heavy (non-hydrogen) atoms. The number of aromatic nitrogens is 4. The Labute approximate surface area is 103 Å². The number of pyridine rings is 2. The van der Waals surface area contributed by atoms with Crippen molar-refractivity contribution in [3.05, 3.63) is 46.8 Å². The zero-order chi connectivity index (χ0) is 12.7. The van der Waals surface area contributed by atoms with E-state index in [9.17, 15) is 4.79 Å². The molecule has 3 rings (SSSR count). The summed E-state index contributed by atoms with van der Waals surface area (Å²) in [6, 6.07) is 5.84. The van der Waals surface area contributed by atoms with Crippen molar-refractivity contribution in [2.24, 2.45) is 7.05 Å². The first kappa shape index (κ1) is 10.7. The maximum absolute atomic E-state index is 11.6. The van der Waals surface area contributed by atoms with Gasteiger partial charge in [-0.05, 0) is 30.7 Å². The van der Waals surface area contributed by atoms with E-state index in [0.717, 1.165) is 22.3 Å². The summed E-state index contributed by atoms with van der Waals surface area (Å²) >= 11 is 0. The van der Waals surface area contributed by atoms with Gasteiger partial charge in [0.15, 0.2) is 5.65 Å². The number of H-pyrrole nitrogens is 1. The van der Waals surface area contributed by atoms with Gasteiger partial charge in [0, 0.05) is 30.7 Å². The maximum Gasteiger partial charge on any atom is 0.327 e. The number of imidazole rings is 1. The summed E-state index contributed by atoms with van der Waals surface area (Å²) in [5.41, 5.74) is 4.22. The molecule has 0 aliphatic heterocycles. The van der Waals surface area contributed by atoms with Crippen LogP contribution in [0.15, 0.2) is 35.4 Å². The number of nitrogens with zero attached hydrogens (tertiary/aromatic N) is 3. The molecule has 0 spiro atoms. The Kier molecular flexibility index (Phi) is 2.26. The summed E-state index contributed by atoms with van der Waals surface area (Å²) in [5, 5.41) is 0. The Morgan fingerprint density at radius 3 is 2.72 bits per heavy atom. The first-order valence-corrected chi connectivity index (χ1v) is 5.63. The summed E-state index contributed by atoms with van der Waals surface area (Å²) < 4.78 is 1.56. The lowest BCUT2D eigenvalue weighted by Gasteiger charge is -2.05. The van der Waals surface area contributed by atoms with E-state index < -0.39 is 0 Å². The van der Waals surface area contributed by atoms with Crippen molar-refractivity contribution < 1.29 is 0 Å². The van der Waals surface area contributed by atoms with Gasteiger partial charge in [-0.15, -0.1) is 0 Å². The molecule has 5 heteroatoms. The highest BCUT2D eigenvalue weighted by Gasteiger charge is 2.09. The van der Waals surface area contributed by atoms with Crippen LogP contribution in [0.25, 0.3) is 22.3 Å². The van der Waals surface area contributed by atoms with Crippen molar-refractivity contribution in [1.29, 1.82) is 0 Å². The number of nitrogens with one attached hydrogen (secondary N) is 1. The Bertz CT molecular complexity index is 771. The molecule has 3 aromatic heterocycles. The Balaban J connectivity index is 2.34. The molecule has 0 aromatic carbocycles. The smallest absolute Gasteiger partial charge is 0.294 e. The van der Waals surface area contributed by atoms with E-state index in [1.54, 1.807) is 24.0 Å². The van der Waals surface area contributed by atoms with Crippen LogP contribution in [0, 0.1) is 6.92 Å². The lowest BCUT2D eigenvalue weighted by atomic mass is 10.1. The van der Waals surface area contributed by atoms with Gasteiger partial charge in [0.1, 0.15) is 0 Å². The number of fused-ring (bicyclic) bond motifs is 1. The number of hydrogen-bond donors (Lipinski definition) is 1. The molecule has 0 bridgehead atoms. The van der Waals surface area contributed by atoms with Crippen molar-refractivity contribution in [3.8, 4) is 11.1 Å². The van der Waals surface area contributed by atoms with Gasteiger partial charge in [-0.25, -0.2) is 9.78 Å². The molecule has 0 aliphatic rings. The molecular formula is C13H12N4O. The molecule has 0 aliphatic carbocycles. The van der Waals surface area contributed by atoms with Crippen LogP contribution < -0.4 is 5.69 Å². The van der Waals surface area contributed by atoms with Crippen LogP contribution >= 0.6 is 0 Å². The second-order valence-electron chi connectivity index (χ2n) is 4.21. The molecule has 0 unspecified atom stereocenters. The van der Waals surface area contributed by atoms with Crippen LogP contribution in [0.1, 0.15) is 5.69 Å². The van der Waals surface area contributed by atoms with Gasteiger partial charge in [0.05, 0.1) is 5.52 Å². The van der Waals surface area contributed by atoms with E-state index in [0.29, 0.717) is 5.65 Å². The van der Waals surface area contributed by atoms with Crippen molar-refractivity contribution in [3.63, 3.8) is 0 Å². The van der Waals surface area contributed by atoms with Gasteiger partial charge in [-0.3, -0.25) is 14.5 Å². The summed E-state index contributed by atoms with van der Waals surface area (Å²) in [6.07, 6.45) is 3.49. The third kappa shape index (κ3) is 1.52. The maximum atomic E-state index is 11.6. The fourth-order valence-electron chi connectivity index (χ4n) is 2.06. The number of aromatic amines is 1. The Hall–Kier alpha value is -2.43. The molecule has 3 aromatic rings. The molecule has 0 saturated carbocycles. The molecule has 5 nitrogen and oxygen atoms in total. The Morgan fingerprint density at radius 1 is 1.28 bits per heavy atom. The van der Waals surface area contributed by atoms with E-state index in [-0.39, 0.29) is 5.69 Å². The normalized spacial score (nSPS) is 11.0. The highest BCUT2D eigenvalue weighted by molar-refractivity contribution is 5.79. The van der Waals surface area contributed by atoms with E-state index in [1.165, 1.54) is 0 Å². The highest BCUT2D eigenvalue weighted by atomic mass is 16.1. The molecule has 0 saturated heterocycles. The summed E-state index contributed by atoms with van der Waals surface area (Å²) in [4.78, 5) is 22.7. The lowest BCUT2D eigenvalue weighted by molar-refractivity contribution is 0.891. The van der Waals surface area contributed by atoms with E-state index in [2.05, 4.69) is 15.0 Å². The fourth-order valence-corrected chi connectivity index (χ4v) is 2.06. The highest BCUT2D eigenvalue weighted by Crippen LogP contribution is 2.24. The molecule has 90 valence electrons. The van der Waals surface area contributed by atoms with Crippen LogP contribution in [-0.4, -0.2) is 19.5 Å². The van der Waals surface area contributed by atoms with Gasteiger partial charge >= 0.3 is 5.69 Å². The van der Waals surface area contributed by atoms with Gasteiger partial charge in [0.2, 0.25) is 0 Å². The minimum Gasteiger partial charge on any atom is -0.294 e.